The molecule has 0 fully saturated rings. The number of rotatable bonds is 0. The molecule has 0 saturated heterocycles. The van der Waals surface area contributed by atoms with Gasteiger partial charge in [-0.25, -0.2) is 4.98 Å². The van der Waals surface area contributed by atoms with Gasteiger partial charge in [0.05, 0.1) is 6.20 Å². The van der Waals surface area contributed by atoms with Gasteiger partial charge >= 0.3 is 0 Å². The van der Waals surface area contributed by atoms with E-state index in [1.165, 1.54) is 11.1 Å². The van der Waals surface area contributed by atoms with E-state index in [0.717, 1.165) is 30.6 Å². The van der Waals surface area contributed by atoms with Crippen LogP contribution in [0.5, 0.6) is 0 Å². The van der Waals surface area contributed by atoms with E-state index in [1.54, 1.807) is 6.20 Å². The Hall–Kier alpha value is -2.40. The summed E-state index contributed by atoms with van der Waals surface area (Å²) in [6, 6.07) is 6.35. The predicted molar refractivity (Wildman–Crippen MR) is 98.1 cm³/mol. The highest BCUT2D eigenvalue weighted by Crippen LogP contribution is 2.28. The van der Waals surface area contributed by atoms with Crippen molar-refractivity contribution in [2.75, 3.05) is 10.6 Å². The van der Waals surface area contributed by atoms with Crippen molar-refractivity contribution in [3.63, 3.8) is 0 Å². The number of hydrogen-bond acceptors (Lipinski definition) is 5. The average molecular weight is 340 g/mol. The molecule has 1 unspecified atom stereocenters. The molecule has 1 atom stereocenters. The standard InChI is InChI=1S/C18H18ClN5/c1-11-2-5-14-7-13(11)4-3-12-6-15(9-20-8-12)23-18-21-10-16(19)17(22-14)24-18/h2,5,7-10,12H,3-4,6H2,1H3,(H2,21,22,23,24). The van der Waals surface area contributed by atoms with E-state index in [-0.39, 0.29) is 0 Å². The molecule has 1 aromatic carbocycles. The number of hydrogen-bond donors (Lipinski definition) is 2. The largest absolute Gasteiger partial charge is 0.339 e. The van der Waals surface area contributed by atoms with E-state index in [4.69, 9.17) is 11.6 Å². The summed E-state index contributed by atoms with van der Waals surface area (Å²) in [6.07, 6.45) is 8.48. The Morgan fingerprint density at radius 2 is 2.17 bits per heavy atom. The molecular weight excluding hydrogens is 322 g/mol. The number of aryl methyl sites for hydroxylation is 2. The number of benzene rings is 1. The highest BCUT2D eigenvalue weighted by molar-refractivity contribution is 6.32. The third kappa shape index (κ3) is 3.12. The van der Waals surface area contributed by atoms with Crippen molar-refractivity contribution in [3.05, 3.63) is 52.4 Å². The van der Waals surface area contributed by atoms with Crippen LogP contribution >= 0.6 is 11.6 Å². The fourth-order valence-electron chi connectivity index (χ4n) is 3.06. The van der Waals surface area contributed by atoms with Crippen LogP contribution in [0.2, 0.25) is 5.02 Å². The molecule has 4 rings (SSSR count). The first-order valence-corrected chi connectivity index (χ1v) is 8.43. The number of aromatic nitrogens is 2. The fourth-order valence-corrected chi connectivity index (χ4v) is 3.20. The van der Waals surface area contributed by atoms with Gasteiger partial charge < -0.3 is 10.6 Å². The van der Waals surface area contributed by atoms with Crippen LogP contribution in [0.1, 0.15) is 24.0 Å². The van der Waals surface area contributed by atoms with Crippen LogP contribution in [0.4, 0.5) is 17.5 Å². The first kappa shape index (κ1) is 15.1. The Balaban J connectivity index is 1.78. The zero-order chi connectivity index (χ0) is 16.5. The third-order valence-corrected chi connectivity index (χ3v) is 4.70. The van der Waals surface area contributed by atoms with Gasteiger partial charge in [-0.05, 0) is 49.4 Å². The Morgan fingerprint density at radius 3 is 3.08 bits per heavy atom. The van der Waals surface area contributed by atoms with E-state index in [2.05, 4.69) is 44.7 Å². The number of aliphatic imine (C=N–C) groups is 1. The van der Waals surface area contributed by atoms with Crippen LogP contribution in [-0.4, -0.2) is 16.2 Å². The molecule has 2 N–H and O–H groups in total. The van der Waals surface area contributed by atoms with Crippen LogP contribution in [0.15, 0.2) is 41.3 Å². The van der Waals surface area contributed by atoms with Crippen LogP contribution in [-0.2, 0) is 6.42 Å². The maximum Gasteiger partial charge on any atom is 0.229 e. The number of allylic oxidation sites excluding steroid dienone is 1. The second kappa shape index (κ2) is 6.24. The second-order valence-corrected chi connectivity index (χ2v) is 6.64. The molecule has 2 aromatic rings. The normalized spacial score (nSPS) is 19.1. The molecule has 24 heavy (non-hydrogen) atoms. The summed E-state index contributed by atoms with van der Waals surface area (Å²) in [7, 11) is 0. The van der Waals surface area contributed by atoms with Gasteiger partial charge in [0.1, 0.15) is 5.02 Å². The minimum absolute atomic E-state index is 0.418. The van der Waals surface area contributed by atoms with Crippen molar-refractivity contribution >= 4 is 35.3 Å². The highest BCUT2D eigenvalue weighted by atomic mass is 35.5. The molecule has 0 aliphatic carbocycles. The first-order chi connectivity index (χ1) is 11.7. The number of fused-ring (bicyclic) bond motifs is 6. The van der Waals surface area contributed by atoms with Gasteiger partial charge in [-0.3, -0.25) is 4.99 Å². The van der Waals surface area contributed by atoms with E-state index in [0.29, 0.717) is 22.7 Å². The number of anilines is 3. The molecule has 5 nitrogen and oxygen atoms in total. The summed E-state index contributed by atoms with van der Waals surface area (Å²) in [6.45, 7) is 2.15. The predicted octanol–water partition coefficient (Wildman–Crippen LogP) is 4.47. The van der Waals surface area contributed by atoms with Gasteiger partial charge in [-0.1, -0.05) is 17.7 Å². The summed E-state index contributed by atoms with van der Waals surface area (Å²) in [5.41, 5.74) is 4.64. The number of nitrogens with one attached hydrogen (secondary N) is 2. The van der Waals surface area contributed by atoms with Gasteiger partial charge in [0.2, 0.25) is 5.95 Å². The summed E-state index contributed by atoms with van der Waals surface area (Å²) < 4.78 is 0. The molecule has 0 radical (unpaired) electrons. The molecule has 1 aromatic heterocycles. The molecule has 2 aliphatic heterocycles. The maximum atomic E-state index is 6.25. The third-order valence-electron chi connectivity index (χ3n) is 4.42. The summed E-state index contributed by atoms with van der Waals surface area (Å²) in [4.78, 5) is 13.1. The van der Waals surface area contributed by atoms with E-state index in [9.17, 15) is 0 Å². The average Bonchev–Trinajstić information content (AvgIpc) is 2.58. The van der Waals surface area contributed by atoms with Crippen molar-refractivity contribution in [3.8, 4) is 0 Å². The zero-order valence-electron chi connectivity index (χ0n) is 13.4. The Labute approximate surface area is 145 Å². The molecule has 3 heterocycles. The van der Waals surface area contributed by atoms with E-state index in [1.807, 2.05) is 18.5 Å². The van der Waals surface area contributed by atoms with Crippen molar-refractivity contribution in [2.24, 2.45) is 10.9 Å². The van der Waals surface area contributed by atoms with E-state index < -0.39 is 0 Å². The van der Waals surface area contributed by atoms with Gasteiger partial charge in [-0.15, -0.1) is 0 Å². The Kier molecular flexibility index (Phi) is 3.94. The van der Waals surface area contributed by atoms with Crippen molar-refractivity contribution < 1.29 is 0 Å². The van der Waals surface area contributed by atoms with E-state index >= 15 is 0 Å². The van der Waals surface area contributed by atoms with Gasteiger partial charge in [0.15, 0.2) is 5.82 Å². The SMILES string of the molecule is Cc1ccc2cc1CCC1C=NC=C(C1)Nc1ncc(Cl)c(n1)N2. The van der Waals surface area contributed by atoms with Crippen molar-refractivity contribution in [2.45, 2.75) is 26.2 Å². The van der Waals surface area contributed by atoms with Gasteiger partial charge in [0.25, 0.3) is 0 Å². The van der Waals surface area contributed by atoms with Crippen LogP contribution < -0.4 is 10.6 Å². The minimum atomic E-state index is 0.418. The molecular formula is C18H18ClN5. The maximum absolute atomic E-state index is 6.25. The lowest BCUT2D eigenvalue weighted by molar-refractivity contribution is 0.621. The smallest absolute Gasteiger partial charge is 0.229 e. The summed E-state index contributed by atoms with van der Waals surface area (Å²) >= 11 is 6.25. The lowest BCUT2D eigenvalue weighted by Crippen LogP contribution is -2.14. The monoisotopic (exact) mass is 339 g/mol. The van der Waals surface area contributed by atoms with Crippen molar-refractivity contribution in [1.29, 1.82) is 0 Å². The highest BCUT2D eigenvalue weighted by Gasteiger charge is 2.16. The molecule has 2 aliphatic rings. The topological polar surface area (TPSA) is 62.2 Å². The quantitative estimate of drug-likeness (QED) is 0.743. The van der Waals surface area contributed by atoms with Gasteiger partial charge in [0, 0.05) is 29.7 Å². The fraction of sp³-hybridized carbons (Fsp3) is 0.278. The molecule has 0 saturated carbocycles. The van der Waals surface area contributed by atoms with Crippen LogP contribution in [0.25, 0.3) is 0 Å². The molecule has 0 spiro atoms. The molecule has 0 amide bonds. The van der Waals surface area contributed by atoms with Gasteiger partial charge in [-0.2, -0.15) is 4.98 Å². The Morgan fingerprint density at radius 1 is 1.25 bits per heavy atom. The van der Waals surface area contributed by atoms with Crippen LogP contribution in [0.3, 0.4) is 0 Å². The lowest BCUT2D eigenvalue weighted by atomic mass is 9.93. The Bertz CT molecular complexity index is 843. The van der Waals surface area contributed by atoms with Crippen LogP contribution in [0, 0.1) is 12.8 Å². The lowest BCUT2D eigenvalue weighted by Gasteiger charge is -2.18. The summed E-state index contributed by atoms with van der Waals surface area (Å²) in [5, 5.41) is 7.06. The van der Waals surface area contributed by atoms with Crippen molar-refractivity contribution in [1.82, 2.24) is 9.97 Å². The number of halogens is 1. The zero-order valence-corrected chi connectivity index (χ0v) is 14.1. The molecule has 122 valence electrons. The second-order valence-electron chi connectivity index (χ2n) is 6.24. The number of nitrogens with zero attached hydrogens (tertiary/aromatic N) is 3. The summed E-state index contributed by atoms with van der Waals surface area (Å²) in [5.74, 6) is 1.54. The first-order valence-electron chi connectivity index (χ1n) is 8.06. The minimum Gasteiger partial charge on any atom is -0.339 e. The molecule has 6 heteroatoms. The molecule has 6 bridgehead atoms.